The van der Waals surface area contributed by atoms with E-state index in [2.05, 4.69) is 20.1 Å². The van der Waals surface area contributed by atoms with Crippen LogP contribution in [0.15, 0.2) is 24.3 Å². The van der Waals surface area contributed by atoms with Crippen LogP contribution in [0.3, 0.4) is 0 Å². The van der Waals surface area contributed by atoms with E-state index in [0.717, 1.165) is 35.9 Å². The van der Waals surface area contributed by atoms with Gasteiger partial charge >= 0.3 is 0 Å². The average molecular weight is 384 g/mol. The van der Waals surface area contributed by atoms with Crippen LogP contribution in [0.4, 0.5) is 5.69 Å². The van der Waals surface area contributed by atoms with Gasteiger partial charge in [-0.1, -0.05) is 6.42 Å². The highest BCUT2D eigenvalue weighted by Crippen LogP contribution is 2.31. The monoisotopic (exact) mass is 384 g/mol. The van der Waals surface area contributed by atoms with Crippen molar-refractivity contribution in [1.29, 1.82) is 0 Å². The Balaban J connectivity index is 1.43. The minimum atomic E-state index is -0.0955. The van der Waals surface area contributed by atoms with Crippen molar-refractivity contribution >= 4 is 11.6 Å². The van der Waals surface area contributed by atoms with E-state index < -0.39 is 0 Å². The lowest BCUT2D eigenvalue weighted by atomic mass is 10.1. The van der Waals surface area contributed by atoms with Crippen molar-refractivity contribution in [1.82, 2.24) is 14.8 Å². The molecule has 2 atom stereocenters. The minimum absolute atomic E-state index is 0.0192. The van der Waals surface area contributed by atoms with Gasteiger partial charge in [0.25, 0.3) is 0 Å². The average Bonchev–Trinajstić information content (AvgIpc) is 3.25. The lowest BCUT2D eigenvalue weighted by molar-refractivity contribution is -0.120. The van der Waals surface area contributed by atoms with Gasteiger partial charge in [-0.2, -0.15) is 0 Å². The molecule has 2 aromatic rings. The predicted molar refractivity (Wildman–Crippen MR) is 106 cm³/mol. The minimum Gasteiger partial charge on any atom is -0.379 e. The fourth-order valence-electron chi connectivity index (χ4n) is 4.32. The molecule has 7 heteroatoms. The summed E-state index contributed by atoms with van der Waals surface area (Å²) in [5, 5.41) is 11.8. The zero-order valence-electron chi connectivity index (χ0n) is 16.6. The lowest BCUT2D eigenvalue weighted by Crippen LogP contribution is -2.23. The van der Waals surface area contributed by atoms with Crippen molar-refractivity contribution in [2.45, 2.75) is 57.3 Å². The van der Waals surface area contributed by atoms with E-state index in [0.29, 0.717) is 12.8 Å². The Labute approximate surface area is 165 Å². The Bertz CT molecular complexity index is 806. The number of anilines is 1. The van der Waals surface area contributed by atoms with Crippen LogP contribution in [-0.2, 0) is 27.2 Å². The van der Waals surface area contributed by atoms with Gasteiger partial charge in [-0.15, -0.1) is 10.2 Å². The number of hydrogen-bond donors (Lipinski definition) is 1. The molecule has 1 saturated carbocycles. The first-order chi connectivity index (χ1) is 13.7. The van der Waals surface area contributed by atoms with Crippen molar-refractivity contribution in [3.05, 3.63) is 30.1 Å². The SMILES string of the molecule is CO[C@@H]1CC(C(=O)Nc2ccc(-c3nnc4n3CCCCC4)cc2)C[C@H]1OC. The van der Waals surface area contributed by atoms with E-state index in [-0.39, 0.29) is 24.0 Å². The van der Waals surface area contributed by atoms with Crippen molar-refractivity contribution in [2.75, 3.05) is 19.5 Å². The highest BCUT2D eigenvalue weighted by molar-refractivity contribution is 5.93. The van der Waals surface area contributed by atoms with E-state index in [4.69, 9.17) is 9.47 Å². The summed E-state index contributed by atoms with van der Waals surface area (Å²) in [7, 11) is 3.34. The molecule has 4 rings (SSSR count). The Morgan fingerprint density at radius 1 is 1.04 bits per heavy atom. The Kier molecular flexibility index (Phi) is 5.73. The summed E-state index contributed by atoms with van der Waals surface area (Å²) < 4.78 is 13.1. The van der Waals surface area contributed by atoms with Crippen molar-refractivity contribution in [2.24, 2.45) is 5.92 Å². The van der Waals surface area contributed by atoms with E-state index in [1.807, 2.05) is 24.3 Å². The zero-order chi connectivity index (χ0) is 19.5. The molecule has 0 unspecified atom stereocenters. The highest BCUT2D eigenvalue weighted by Gasteiger charge is 2.38. The van der Waals surface area contributed by atoms with Crippen LogP contribution in [-0.4, -0.2) is 47.1 Å². The van der Waals surface area contributed by atoms with Crippen LogP contribution in [0.1, 0.15) is 37.9 Å². The number of hydrogen-bond acceptors (Lipinski definition) is 5. The molecule has 1 amide bonds. The topological polar surface area (TPSA) is 78.3 Å². The summed E-state index contributed by atoms with van der Waals surface area (Å²) in [6.07, 6.45) is 5.90. The number of nitrogens with one attached hydrogen (secondary N) is 1. The van der Waals surface area contributed by atoms with Crippen LogP contribution in [0.25, 0.3) is 11.4 Å². The molecule has 0 saturated heterocycles. The number of aromatic nitrogens is 3. The van der Waals surface area contributed by atoms with Gasteiger partial charge in [0.1, 0.15) is 5.82 Å². The van der Waals surface area contributed by atoms with Gasteiger partial charge in [0, 0.05) is 44.4 Å². The predicted octanol–water partition coefficient (Wildman–Crippen LogP) is 3.05. The maximum Gasteiger partial charge on any atom is 0.227 e. The first-order valence-electron chi connectivity index (χ1n) is 10.1. The number of rotatable bonds is 5. The Morgan fingerprint density at radius 3 is 2.43 bits per heavy atom. The van der Waals surface area contributed by atoms with Crippen LogP contribution < -0.4 is 5.32 Å². The van der Waals surface area contributed by atoms with Gasteiger partial charge in [0.05, 0.1) is 12.2 Å². The van der Waals surface area contributed by atoms with Gasteiger partial charge in [-0.05, 0) is 49.9 Å². The van der Waals surface area contributed by atoms with Gasteiger partial charge in [-0.25, -0.2) is 0 Å². The van der Waals surface area contributed by atoms with Crippen LogP contribution in [0.5, 0.6) is 0 Å². The lowest BCUT2D eigenvalue weighted by Gasteiger charge is -2.15. The molecule has 1 aromatic heterocycles. The van der Waals surface area contributed by atoms with E-state index in [1.165, 1.54) is 19.3 Å². The third-order valence-electron chi connectivity index (χ3n) is 5.94. The second-order valence-electron chi connectivity index (χ2n) is 7.69. The fourth-order valence-corrected chi connectivity index (χ4v) is 4.32. The molecule has 0 bridgehead atoms. The summed E-state index contributed by atoms with van der Waals surface area (Å²) in [5.41, 5.74) is 1.82. The largest absolute Gasteiger partial charge is 0.379 e. The standard InChI is InChI=1S/C21H28N4O3/c1-27-17-12-15(13-18(17)28-2)21(26)22-16-9-7-14(8-10-16)20-24-23-19-6-4-3-5-11-25(19)20/h7-10,15,17-18H,3-6,11-13H2,1-2H3,(H,22,26)/t17-,18-/m1/s1. The Hall–Kier alpha value is -2.25. The molecule has 28 heavy (non-hydrogen) atoms. The zero-order valence-corrected chi connectivity index (χ0v) is 16.6. The molecule has 0 spiro atoms. The highest BCUT2D eigenvalue weighted by atomic mass is 16.5. The van der Waals surface area contributed by atoms with Gasteiger partial charge in [0.15, 0.2) is 5.82 Å². The van der Waals surface area contributed by atoms with E-state index in [1.54, 1.807) is 14.2 Å². The second kappa shape index (κ2) is 8.41. The van der Waals surface area contributed by atoms with Crippen molar-refractivity contribution < 1.29 is 14.3 Å². The third-order valence-corrected chi connectivity index (χ3v) is 5.94. The first kappa shape index (κ1) is 19.1. The molecule has 7 nitrogen and oxygen atoms in total. The maximum atomic E-state index is 12.6. The fraction of sp³-hybridized carbons (Fsp3) is 0.571. The molecule has 1 aromatic carbocycles. The molecule has 1 aliphatic heterocycles. The van der Waals surface area contributed by atoms with Gasteiger partial charge < -0.3 is 19.4 Å². The molecule has 1 fully saturated rings. The molecule has 0 radical (unpaired) electrons. The van der Waals surface area contributed by atoms with Gasteiger partial charge in [-0.3, -0.25) is 4.79 Å². The molecule has 150 valence electrons. The van der Waals surface area contributed by atoms with E-state index in [9.17, 15) is 4.79 Å². The molecular formula is C21H28N4O3. The van der Waals surface area contributed by atoms with Crippen molar-refractivity contribution in [3.8, 4) is 11.4 Å². The summed E-state index contributed by atoms with van der Waals surface area (Å²) in [6, 6.07) is 7.87. The maximum absolute atomic E-state index is 12.6. The summed E-state index contributed by atoms with van der Waals surface area (Å²) in [4.78, 5) is 12.6. The first-order valence-corrected chi connectivity index (χ1v) is 10.1. The van der Waals surface area contributed by atoms with Gasteiger partial charge in [0.2, 0.25) is 5.91 Å². The number of fused-ring (bicyclic) bond motifs is 1. The smallest absolute Gasteiger partial charge is 0.227 e. The van der Waals surface area contributed by atoms with Crippen LogP contribution in [0, 0.1) is 5.92 Å². The third kappa shape index (κ3) is 3.82. The molecule has 1 aliphatic carbocycles. The number of carbonyl (C=O) groups excluding carboxylic acids is 1. The van der Waals surface area contributed by atoms with E-state index >= 15 is 0 Å². The molecule has 2 aliphatic rings. The summed E-state index contributed by atoms with van der Waals surface area (Å²) >= 11 is 0. The van der Waals surface area contributed by atoms with Crippen LogP contribution >= 0.6 is 0 Å². The number of methoxy groups -OCH3 is 2. The van der Waals surface area contributed by atoms with Crippen LogP contribution in [0.2, 0.25) is 0 Å². The normalized spacial score (nSPS) is 22.6. The summed E-state index contributed by atoms with van der Waals surface area (Å²) in [5.74, 6) is 1.91. The summed E-state index contributed by atoms with van der Waals surface area (Å²) in [6.45, 7) is 0.971. The quantitative estimate of drug-likeness (QED) is 0.857. The number of benzene rings is 1. The number of carbonyl (C=O) groups is 1. The Morgan fingerprint density at radius 2 is 1.75 bits per heavy atom. The number of nitrogens with zero attached hydrogens (tertiary/aromatic N) is 3. The number of amides is 1. The van der Waals surface area contributed by atoms with Crippen molar-refractivity contribution in [3.63, 3.8) is 0 Å². The molecular weight excluding hydrogens is 356 g/mol. The second-order valence-corrected chi connectivity index (χ2v) is 7.69. The molecule has 2 heterocycles. The number of aryl methyl sites for hydroxylation is 1. The molecule has 1 N–H and O–H groups in total. The number of ether oxygens (including phenoxy) is 2.